The van der Waals surface area contributed by atoms with Crippen molar-refractivity contribution >= 4 is 17.3 Å². The van der Waals surface area contributed by atoms with Crippen molar-refractivity contribution in [3.63, 3.8) is 0 Å². The van der Waals surface area contributed by atoms with Gasteiger partial charge in [-0.1, -0.05) is 6.07 Å². The number of rotatable bonds is 5. The van der Waals surface area contributed by atoms with Gasteiger partial charge < -0.3 is 20.5 Å². The van der Waals surface area contributed by atoms with Gasteiger partial charge in [-0.2, -0.15) is 5.10 Å². The number of hydrogen-bond donors (Lipinski definition) is 2. The van der Waals surface area contributed by atoms with Crippen LogP contribution in [0.2, 0.25) is 0 Å². The van der Waals surface area contributed by atoms with Crippen LogP contribution < -0.4 is 15.8 Å². The van der Waals surface area contributed by atoms with Gasteiger partial charge in [0.1, 0.15) is 11.7 Å². The molecule has 1 aliphatic heterocycles. The molecule has 3 aromatic heterocycles. The normalized spacial score (nSPS) is 20.5. The number of primary amides is 1. The molecule has 4 heterocycles. The second-order valence-electron chi connectivity index (χ2n) is 8.27. The summed E-state index contributed by atoms with van der Waals surface area (Å²) in [6.07, 6.45) is 7.07. The molecule has 0 bridgehead atoms. The molecule has 2 aliphatic rings. The summed E-state index contributed by atoms with van der Waals surface area (Å²) in [7, 11) is 0. The standard InChI is InChI=1S/C23H25N5O4/c24-21(29)17-11-14-13-31-10-8-19(14)27-23(17)32-16-6-4-15(5-7-16)26-22(30)18-12-25-28-9-2-1-3-20(18)28/h1-3,9,11-12,15-16H,4-8,10,13H2,(H2,24,29)(H,26,30). The first-order valence-electron chi connectivity index (χ1n) is 10.9. The Hall–Kier alpha value is -3.46. The number of hydrogen-bond acceptors (Lipinski definition) is 6. The van der Waals surface area contributed by atoms with Crippen LogP contribution in [0, 0.1) is 0 Å². The third-order valence-corrected chi connectivity index (χ3v) is 6.12. The summed E-state index contributed by atoms with van der Waals surface area (Å²) in [5.41, 5.74) is 8.98. The number of pyridine rings is 2. The van der Waals surface area contributed by atoms with E-state index in [1.165, 1.54) is 0 Å². The molecule has 0 atom stereocenters. The highest BCUT2D eigenvalue weighted by molar-refractivity contribution is 6.00. The van der Waals surface area contributed by atoms with E-state index in [1.807, 2.05) is 24.4 Å². The summed E-state index contributed by atoms with van der Waals surface area (Å²) < 4.78 is 13.2. The van der Waals surface area contributed by atoms with Crippen molar-refractivity contribution in [2.24, 2.45) is 5.73 Å². The van der Waals surface area contributed by atoms with Crippen LogP contribution in [0.3, 0.4) is 0 Å². The highest BCUT2D eigenvalue weighted by atomic mass is 16.5. The number of nitrogens with one attached hydrogen (secondary N) is 1. The Kier molecular flexibility index (Phi) is 5.48. The first-order chi connectivity index (χ1) is 15.6. The zero-order valence-electron chi connectivity index (χ0n) is 17.6. The lowest BCUT2D eigenvalue weighted by Gasteiger charge is -2.30. The predicted molar refractivity (Wildman–Crippen MR) is 115 cm³/mol. The fourth-order valence-corrected chi connectivity index (χ4v) is 4.39. The fourth-order valence-electron chi connectivity index (χ4n) is 4.39. The van der Waals surface area contributed by atoms with Gasteiger partial charge in [-0.25, -0.2) is 9.50 Å². The summed E-state index contributed by atoms with van der Waals surface area (Å²) in [5.74, 6) is -0.377. The summed E-state index contributed by atoms with van der Waals surface area (Å²) in [6.45, 7) is 1.03. The van der Waals surface area contributed by atoms with Crippen LogP contribution in [0.15, 0.2) is 36.7 Å². The Morgan fingerprint density at radius 2 is 2.03 bits per heavy atom. The van der Waals surface area contributed by atoms with Crippen LogP contribution in [0.5, 0.6) is 5.88 Å². The summed E-state index contributed by atoms with van der Waals surface area (Å²) in [4.78, 5) is 29.3. The van der Waals surface area contributed by atoms with Crippen molar-refractivity contribution in [2.75, 3.05) is 6.61 Å². The quantitative estimate of drug-likeness (QED) is 0.633. The average molecular weight is 435 g/mol. The Bertz CT molecular complexity index is 1170. The number of carbonyl (C=O) groups is 2. The van der Waals surface area contributed by atoms with Crippen molar-refractivity contribution in [2.45, 2.75) is 50.9 Å². The minimum Gasteiger partial charge on any atom is -0.474 e. The van der Waals surface area contributed by atoms with Gasteiger partial charge in [0.05, 0.1) is 36.2 Å². The van der Waals surface area contributed by atoms with Gasteiger partial charge >= 0.3 is 0 Å². The van der Waals surface area contributed by atoms with Crippen LogP contribution in [-0.4, -0.2) is 45.2 Å². The van der Waals surface area contributed by atoms with E-state index in [9.17, 15) is 9.59 Å². The van der Waals surface area contributed by atoms with Gasteiger partial charge in [0, 0.05) is 24.2 Å². The smallest absolute Gasteiger partial charge is 0.255 e. The van der Waals surface area contributed by atoms with Crippen molar-refractivity contribution < 1.29 is 19.1 Å². The number of nitrogens with two attached hydrogens (primary N) is 1. The number of nitrogens with zero attached hydrogens (tertiary/aromatic N) is 3. The van der Waals surface area contributed by atoms with E-state index in [0.29, 0.717) is 31.1 Å². The molecule has 3 N–H and O–H groups in total. The second kappa shape index (κ2) is 8.58. The molecule has 1 fully saturated rings. The molecule has 1 aliphatic carbocycles. The topological polar surface area (TPSA) is 121 Å². The molecular formula is C23H25N5O4. The number of fused-ring (bicyclic) bond motifs is 2. The molecule has 0 spiro atoms. The first-order valence-corrected chi connectivity index (χ1v) is 10.9. The molecule has 2 amide bonds. The summed E-state index contributed by atoms with van der Waals surface area (Å²) in [5, 5.41) is 7.34. The zero-order chi connectivity index (χ0) is 22.1. The number of amides is 2. The van der Waals surface area contributed by atoms with Crippen molar-refractivity contribution in [1.29, 1.82) is 0 Å². The Balaban J connectivity index is 1.22. The maximum absolute atomic E-state index is 12.7. The monoisotopic (exact) mass is 435 g/mol. The Morgan fingerprint density at radius 1 is 1.19 bits per heavy atom. The van der Waals surface area contributed by atoms with E-state index >= 15 is 0 Å². The van der Waals surface area contributed by atoms with Crippen LogP contribution in [0.25, 0.3) is 5.52 Å². The number of carbonyl (C=O) groups excluding carboxylic acids is 2. The van der Waals surface area contributed by atoms with Gasteiger partial charge in [-0.15, -0.1) is 0 Å². The molecule has 9 heteroatoms. The minimum absolute atomic E-state index is 0.0604. The number of aromatic nitrogens is 3. The molecule has 9 nitrogen and oxygen atoms in total. The molecule has 3 aromatic rings. The van der Waals surface area contributed by atoms with Crippen LogP contribution in [-0.2, 0) is 17.8 Å². The molecule has 166 valence electrons. The second-order valence-corrected chi connectivity index (χ2v) is 8.27. The number of ether oxygens (including phenoxy) is 2. The third-order valence-electron chi connectivity index (χ3n) is 6.12. The lowest BCUT2D eigenvalue weighted by atomic mass is 9.92. The van der Waals surface area contributed by atoms with E-state index in [-0.39, 0.29) is 23.6 Å². The fraction of sp³-hybridized carbons (Fsp3) is 0.391. The van der Waals surface area contributed by atoms with Gasteiger partial charge in [0.15, 0.2) is 0 Å². The average Bonchev–Trinajstić information content (AvgIpc) is 3.24. The Labute approximate surface area is 184 Å². The molecule has 1 saturated carbocycles. The highest BCUT2D eigenvalue weighted by Crippen LogP contribution is 2.28. The van der Waals surface area contributed by atoms with Gasteiger partial charge in [-0.3, -0.25) is 9.59 Å². The van der Waals surface area contributed by atoms with E-state index in [2.05, 4.69) is 15.4 Å². The lowest BCUT2D eigenvalue weighted by Crippen LogP contribution is -2.39. The van der Waals surface area contributed by atoms with E-state index in [0.717, 1.165) is 42.5 Å². The van der Waals surface area contributed by atoms with Gasteiger partial charge in [-0.05, 0) is 43.9 Å². The highest BCUT2D eigenvalue weighted by Gasteiger charge is 2.27. The molecule has 0 saturated heterocycles. The Morgan fingerprint density at radius 3 is 2.84 bits per heavy atom. The molecule has 0 radical (unpaired) electrons. The maximum atomic E-state index is 12.7. The van der Waals surface area contributed by atoms with Gasteiger partial charge in [0.2, 0.25) is 5.88 Å². The molecular weight excluding hydrogens is 410 g/mol. The summed E-state index contributed by atoms with van der Waals surface area (Å²) in [6, 6.07) is 7.43. The lowest BCUT2D eigenvalue weighted by molar-refractivity contribution is 0.0876. The molecule has 32 heavy (non-hydrogen) atoms. The van der Waals surface area contributed by atoms with E-state index < -0.39 is 5.91 Å². The maximum Gasteiger partial charge on any atom is 0.255 e. The SMILES string of the molecule is NC(=O)c1cc2c(nc1OC1CCC(NC(=O)c3cnn4ccccc34)CC1)CCOC2. The molecule has 5 rings (SSSR count). The van der Waals surface area contributed by atoms with Crippen LogP contribution in [0.4, 0.5) is 0 Å². The van der Waals surface area contributed by atoms with Crippen LogP contribution >= 0.6 is 0 Å². The zero-order valence-corrected chi connectivity index (χ0v) is 17.6. The third kappa shape index (κ3) is 4.03. The van der Waals surface area contributed by atoms with Crippen LogP contribution in [0.1, 0.15) is 57.7 Å². The van der Waals surface area contributed by atoms with Gasteiger partial charge in [0.25, 0.3) is 11.8 Å². The van der Waals surface area contributed by atoms with E-state index in [1.54, 1.807) is 16.8 Å². The minimum atomic E-state index is -0.560. The van der Waals surface area contributed by atoms with Crippen molar-refractivity contribution in [1.82, 2.24) is 19.9 Å². The van der Waals surface area contributed by atoms with E-state index in [4.69, 9.17) is 15.2 Å². The van der Waals surface area contributed by atoms with Crippen molar-refractivity contribution in [3.05, 3.63) is 59.0 Å². The molecule has 0 unspecified atom stereocenters. The summed E-state index contributed by atoms with van der Waals surface area (Å²) >= 11 is 0. The molecule has 0 aromatic carbocycles. The largest absolute Gasteiger partial charge is 0.474 e. The first kappa shape index (κ1) is 20.4. The predicted octanol–water partition coefficient (Wildman–Crippen LogP) is 2.02. The van der Waals surface area contributed by atoms with Crippen molar-refractivity contribution in [3.8, 4) is 5.88 Å².